The third-order valence-corrected chi connectivity index (χ3v) is 2.08. The van der Waals surface area contributed by atoms with Crippen LogP contribution in [0.25, 0.3) is 0 Å². The molecule has 0 atom stereocenters. The number of guanidine groups is 1. The maximum Gasteiger partial charge on any atom is 0.190 e. The maximum absolute atomic E-state index is 4.99. The molecule has 0 rings (SSSR count). The topological polar surface area (TPSA) is 45.7 Å². The number of unbranched alkanes of at least 4 members (excludes halogenated alkanes) is 2. The quantitative estimate of drug-likeness (QED) is 0.365. The van der Waals surface area contributed by atoms with E-state index in [1.807, 2.05) is 0 Å². The summed E-state index contributed by atoms with van der Waals surface area (Å²) in [4.78, 5) is 4.13. The number of hydrogen-bond acceptors (Lipinski definition) is 2. The molecule has 0 aromatic rings. The van der Waals surface area contributed by atoms with E-state index in [0.717, 1.165) is 44.9 Å². The lowest BCUT2D eigenvalue weighted by molar-refractivity contribution is 0.192. The molecular weight excluding hydrogens is 190 g/mol. The van der Waals surface area contributed by atoms with Crippen LogP contribution in [0.3, 0.4) is 0 Å². The summed E-state index contributed by atoms with van der Waals surface area (Å²) < 4.78 is 4.99. The van der Waals surface area contributed by atoms with E-state index in [2.05, 4.69) is 22.5 Å². The summed E-state index contributed by atoms with van der Waals surface area (Å²) in [6, 6.07) is 0. The largest absolute Gasteiger partial charge is 0.385 e. The summed E-state index contributed by atoms with van der Waals surface area (Å²) in [5, 5.41) is 6.51. The number of nitrogens with zero attached hydrogens (tertiary/aromatic N) is 1. The van der Waals surface area contributed by atoms with E-state index in [9.17, 15) is 0 Å². The molecule has 0 saturated heterocycles. The van der Waals surface area contributed by atoms with Gasteiger partial charge in [0.2, 0.25) is 0 Å². The number of hydrogen-bond donors (Lipinski definition) is 2. The molecule has 4 nitrogen and oxygen atoms in total. The van der Waals surface area contributed by atoms with Crippen LogP contribution in [0.1, 0.15) is 32.6 Å². The van der Waals surface area contributed by atoms with Gasteiger partial charge >= 0.3 is 0 Å². The smallest absolute Gasteiger partial charge is 0.190 e. The van der Waals surface area contributed by atoms with Crippen molar-refractivity contribution in [2.24, 2.45) is 4.99 Å². The van der Waals surface area contributed by atoms with Gasteiger partial charge in [-0.1, -0.05) is 6.92 Å². The normalized spacial score (nSPS) is 11.5. The van der Waals surface area contributed by atoms with E-state index in [-0.39, 0.29) is 0 Å². The van der Waals surface area contributed by atoms with Gasteiger partial charge in [-0.15, -0.1) is 0 Å². The SMILES string of the molecule is CCCNC(=NC)NCCCCCOC. The molecule has 0 amide bonds. The monoisotopic (exact) mass is 215 g/mol. The minimum atomic E-state index is 0.864. The summed E-state index contributed by atoms with van der Waals surface area (Å²) in [6.07, 6.45) is 4.62. The summed E-state index contributed by atoms with van der Waals surface area (Å²) in [7, 11) is 3.55. The van der Waals surface area contributed by atoms with Crippen molar-refractivity contribution in [3.63, 3.8) is 0 Å². The highest BCUT2D eigenvalue weighted by atomic mass is 16.5. The first-order valence-electron chi connectivity index (χ1n) is 5.78. The van der Waals surface area contributed by atoms with Crippen LogP contribution in [0.15, 0.2) is 4.99 Å². The lowest BCUT2D eigenvalue weighted by Crippen LogP contribution is -2.38. The molecular formula is C11H25N3O. The number of ether oxygens (including phenoxy) is 1. The Morgan fingerprint density at radius 2 is 1.87 bits per heavy atom. The van der Waals surface area contributed by atoms with E-state index < -0.39 is 0 Å². The average molecular weight is 215 g/mol. The molecule has 0 aliphatic rings. The van der Waals surface area contributed by atoms with Gasteiger partial charge in [0.25, 0.3) is 0 Å². The summed E-state index contributed by atoms with van der Waals surface area (Å²) >= 11 is 0. The molecule has 0 fully saturated rings. The molecule has 0 aromatic carbocycles. The fourth-order valence-electron chi connectivity index (χ4n) is 1.22. The van der Waals surface area contributed by atoms with Gasteiger partial charge in [0.05, 0.1) is 0 Å². The Hall–Kier alpha value is -0.770. The lowest BCUT2D eigenvalue weighted by Gasteiger charge is -2.10. The van der Waals surface area contributed by atoms with Gasteiger partial charge in [0.15, 0.2) is 5.96 Å². The second-order valence-corrected chi connectivity index (χ2v) is 3.48. The molecule has 2 N–H and O–H groups in total. The Bertz CT molecular complexity index is 160. The molecule has 0 radical (unpaired) electrons. The van der Waals surface area contributed by atoms with E-state index in [1.165, 1.54) is 6.42 Å². The second-order valence-electron chi connectivity index (χ2n) is 3.48. The lowest BCUT2D eigenvalue weighted by atomic mass is 10.2. The second kappa shape index (κ2) is 11.3. The highest BCUT2D eigenvalue weighted by Crippen LogP contribution is 1.93. The fraction of sp³-hybridized carbons (Fsp3) is 0.909. The van der Waals surface area contributed by atoms with Crippen LogP contribution in [0.5, 0.6) is 0 Å². The minimum absolute atomic E-state index is 0.864. The van der Waals surface area contributed by atoms with Crippen LogP contribution >= 0.6 is 0 Å². The number of rotatable bonds is 8. The van der Waals surface area contributed by atoms with Gasteiger partial charge in [-0.25, -0.2) is 0 Å². The van der Waals surface area contributed by atoms with E-state index in [1.54, 1.807) is 14.2 Å². The predicted molar refractivity (Wildman–Crippen MR) is 65.4 cm³/mol. The van der Waals surface area contributed by atoms with Crippen molar-refractivity contribution >= 4 is 5.96 Å². The van der Waals surface area contributed by atoms with Crippen molar-refractivity contribution < 1.29 is 4.74 Å². The van der Waals surface area contributed by atoms with E-state index >= 15 is 0 Å². The van der Waals surface area contributed by atoms with Gasteiger partial charge in [-0.05, 0) is 25.7 Å². The standard InChI is InChI=1S/C11H25N3O/c1-4-8-13-11(12-2)14-9-6-5-7-10-15-3/h4-10H2,1-3H3,(H2,12,13,14). The number of aliphatic imine (C=N–C) groups is 1. The molecule has 0 bridgehead atoms. The first kappa shape index (κ1) is 14.2. The summed E-state index contributed by atoms with van der Waals surface area (Å²) in [6.45, 7) is 4.96. The molecule has 0 spiro atoms. The zero-order valence-electron chi connectivity index (χ0n) is 10.3. The third-order valence-electron chi connectivity index (χ3n) is 2.08. The Kier molecular flexibility index (Phi) is 10.7. The average Bonchev–Trinajstić information content (AvgIpc) is 2.27. The highest BCUT2D eigenvalue weighted by molar-refractivity contribution is 5.79. The maximum atomic E-state index is 4.99. The Morgan fingerprint density at radius 3 is 2.47 bits per heavy atom. The molecule has 90 valence electrons. The van der Waals surface area contributed by atoms with Gasteiger partial charge < -0.3 is 15.4 Å². The zero-order chi connectivity index (χ0) is 11.4. The first-order valence-corrected chi connectivity index (χ1v) is 5.78. The van der Waals surface area contributed by atoms with Crippen molar-refractivity contribution in [1.82, 2.24) is 10.6 Å². The van der Waals surface area contributed by atoms with E-state index in [0.29, 0.717) is 0 Å². The predicted octanol–water partition coefficient (Wildman–Crippen LogP) is 1.38. The van der Waals surface area contributed by atoms with Gasteiger partial charge in [0, 0.05) is 33.9 Å². The Morgan fingerprint density at radius 1 is 1.13 bits per heavy atom. The highest BCUT2D eigenvalue weighted by Gasteiger charge is 1.94. The minimum Gasteiger partial charge on any atom is -0.385 e. The molecule has 0 aliphatic heterocycles. The zero-order valence-corrected chi connectivity index (χ0v) is 10.3. The molecule has 0 aromatic heterocycles. The molecule has 4 heteroatoms. The molecule has 0 saturated carbocycles. The molecule has 0 heterocycles. The Labute approximate surface area is 93.5 Å². The van der Waals surface area contributed by atoms with Gasteiger partial charge in [-0.3, -0.25) is 4.99 Å². The Balaban J connectivity index is 3.31. The van der Waals surface area contributed by atoms with E-state index in [4.69, 9.17) is 4.74 Å². The van der Waals surface area contributed by atoms with Crippen LogP contribution in [0.4, 0.5) is 0 Å². The van der Waals surface area contributed by atoms with Crippen LogP contribution < -0.4 is 10.6 Å². The van der Waals surface area contributed by atoms with Gasteiger partial charge in [0.1, 0.15) is 0 Å². The van der Waals surface area contributed by atoms with Crippen molar-refractivity contribution in [1.29, 1.82) is 0 Å². The van der Waals surface area contributed by atoms with Crippen LogP contribution in [0.2, 0.25) is 0 Å². The molecule has 0 unspecified atom stereocenters. The van der Waals surface area contributed by atoms with Crippen molar-refractivity contribution in [2.75, 3.05) is 33.9 Å². The molecule has 0 aliphatic carbocycles. The number of methoxy groups -OCH3 is 1. The number of nitrogens with one attached hydrogen (secondary N) is 2. The van der Waals surface area contributed by atoms with Crippen molar-refractivity contribution in [3.8, 4) is 0 Å². The first-order chi connectivity index (χ1) is 7.35. The van der Waals surface area contributed by atoms with Crippen molar-refractivity contribution in [3.05, 3.63) is 0 Å². The molecule has 15 heavy (non-hydrogen) atoms. The third kappa shape index (κ3) is 9.53. The van der Waals surface area contributed by atoms with Crippen LogP contribution in [-0.4, -0.2) is 39.8 Å². The summed E-state index contributed by atoms with van der Waals surface area (Å²) in [5.74, 6) is 0.906. The van der Waals surface area contributed by atoms with Crippen molar-refractivity contribution in [2.45, 2.75) is 32.6 Å². The fourth-order valence-corrected chi connectivity index (χ4v) is 1.22. The summed E-state index contributed by atoms with van der Waals surface area (Å²) in [5.41, 5.74) is 0. The van der Waals surface area contributed by atoms with Gasteiger partial charge in [-0.2, -0.15) is 0 Å². The van der Waals surface area contributed by atoms with Crippen LogP contribution in [0, 0.1) is 0 Å². The van der Waals surface area contributed by atoms with Crippen LogP contribution in [-0.2, 0) is 4.74 Å².